The van der Waals surface area contributed by atoms with Gasteiger partial charge in [0.05, 0.1) is 0 Å². The lowest BCUT2D eigenvalue weighted by molar-refractivity contribution is -0.0181. The molecule has 2 rings (SSSR count). The number of halogens is 1. The number of para-hydroxylation sites is 1. The first kappa shape index (κ1) is 7.13. The summed E-state index contributed by atoms with van der Waals surface area (Å²) in [6.07, 6.45) is 0. The third kappa shape index (κ3) is 1.26. The van der Waals surface area contributed by atoms with Crippen LogP contribution >= 0.6 is 15.9 Å². The van der Waals surface area contributed by atoms with E-state index >= 15 is 0 Å². The summed E-state index contributed by atoms with van der Waals surface area (Å²) in [6.45, 7) is 0.326. The van der Waals surface area contributed by atoms with Gasteiger partial charge in [-0.2, -0.15) is 0 Å². The molecule has 0 spiro atoms. The Morgan fingerprint density at radius 1 is 1.36 bits per heavy atom. The number of ether oxygens (including phenoxy) is 2. The summed E-state index contributed by atoms with van der Waals surface area (Å²) in [7, 11) is 0. The number of fused-ring (bicyclic) bond motifs is 1. The van der Waals surface area contributed by atoms with Crippen molar-refractivity contribution in [2.45, 2.75) is 5.01 Å². The topological polar surface area (TPSA) is 18.5 Å². The molecule has 58 valence electrons. The van der Waals surface area contributed by atoms with Gasteiger partial charge in [-0.1, -0.05) is 34.1 Å². The third-order valence-corrected chi connectivity index (χ3v) is 2.35. The van der Waals surface area contributed by atoms with Gasteiger partial charge in [0.15, 0.2) is 6.79 Å². The van der Waals surface area contributed by atoms with E-state index in [1.54, 1.807) is 0 Å². The molecule has 1 aromatic carbocycles. The van der Waals surface area contributed by atoms with Crippen LogP contribution in [0.25, 0.3) is 0 Å². The van der Waals surface area contributed by atoms with E-state index in [4.69, 9.17) is 9.47 Å². The van der Waals surface area contributed by atoms with Crippen LogP contribution in [0.2, 0.25) is 0 Å². The predicted octanol–water partition coefficient (Wildman–Crippen LogP) is 2.45. The molecule has 0 bridgehead atoms. The Morgan fingerprint density at radius 2 is 2.18 bits per heavy atom. The monoisotopic (exact) mass is 214 g/mol. The summed E-state index contributed by atoms with van der Waals surface area (Å²) in [5.74, 6) is 0.903. The Morgan fingerprint density at radius 3 is 3.00 bits per heavy atom. The van der Waals surface area contributed by atoms with Crippen molar-refractivity contribution in [3.05, 3.63) is 29.8 Å². The van der Waals surface area contributed by atoms with E-state index in [1.807, 2.05) is 24.3 Å². The minimum atomic E-state index is -0.0209. The number of rotatable bonds is 0. The summed E-state index contributed by atoms with van der Waals surface area (Å²) in [5, 5.41) is -0.0209. The van der Waals surface area contributed by atoms with Gasteiger partial charge in [0.1, 0.15) is 10.8 Å². The summed E-state index contributed by atoms with van der Waals surface area (Å²) < 4.78 is 10.4. The molecule has 11 heavy (non-hydrogen) atoms. The van der Waals surface area contributed by atoms with Gasteiger partial charge in [0.2, 0.25) is 0 Å². The summed E-state index contributed by atoms with van der Waals surface area (Å²) in [4.78, 5) is 0. The van der Waals surface area contributed by atoms with E-state index < -0.39 is 0 Å². The lowest BCUT2D eigenvalue weighted by Gasteiger charge is -2.21. The van der Waals surface area contributed by atoms with E-state index in [-0.39, 0.29) is 5.01 Å². The molecule has 0 N–H and O–H groups in total. The van der Waals surface area contributed by atoms with Crippen LogP contribution in [-0.2, 0) is 4.74 Å². The van der Waals surface area contributed by atoms with Crippen LogP contribution in [0.15, 0.2) is 24.3 Å². The maximum atomic E-state index is 5.24. The number of hydrogen-bond donors (Lipinski definition) is 0. The molecule has 1 heterocycles. The van der Waals surface area contributed by atoms with Crippen LogP contribution in [0, 0.1) is 0 Å². The van der Waals surface area contributed by atoms with Crippen molar-refractivity contribution < 1.29 is 9.47 Å². The summed E-state index contributed by atoms with van der Waals surface area (Å²) in [6, 6.07) is 7.83. The van der Waals surface area contributed by atoms with Crippen molar-refractivity contribution in [3.8, 4) is 5.75 Å². The normalized spacial score (nSPS) is 22.1. The average Bonchev–Trinajstić information content (AvgIpc) is 2.06. The first-order valence-corrected chi connectivity index (χ1v) is 4.27. The van der Waals surface area contributed by atoms with Crippen molar-refractivity contribution in [2.24, 2.45) is 0 Å². The van der Waals surface area contributed by atoms with Crippen molar-refractivity contribution in [1.82, 2.24) is 0 Å². The Hall–Kier alpha value is -0.540. The third-order valence-electron chi connectivity index (χ3n) is 1.59. The Labute approximate surface area is 73.3 Å². The summed E-state index contributed by atoms with van der Waals surface area (Å²) >= 11 is 3.38. The molecular formula is C8H7BrO2. The largest absolute Gasteiger partial charge is 0.467 e. The van der Waals surface area contributed by atoms with Crippen molar-refractivity contribution >= 4 is 15.9 Å². The highest BCUT2D eigenvalue weighted by molar-refractivity contribution is 9.09. The molecule has 0 saturated carbocycles. The average molecular weight is 215 g/mol. The van der Waals surface area contributed by atoms with Gasteiger partial charge < -0.3 is 9.47 Å². The standard InChI is InChI=1S/C8H7BrO2/c9-8-6-3-1-2-4-7(6)10-5-11-8/h1-4,8H,5H2. The second-order valence-corrected chi connectivity index (χ2v) is 3.11. The van der Waals surface area contributed by atoms with Gasteiger partial charge in [0, 0.05) is 5.56 Å². The number of benzene rings is 1. The van der Waals surface area contributed by atoms with Crippen LogP contribution in [-0.4, -0.2) is 6.79 Å². The minimum absolute atomic E-state index is 0.0209. The van der Waals surface area contributed by atoms with Gasteiger partial charge in [-0.15, -0.1) is 0 Å². The molecule has 1 atom stereocenters. The first-order chi connectivity index (χ1) is 5.38. The molecule has 1 aliphatic rings. The molecule has 2 nitrogen and oxygen atoms in total. The molecule has 1 unspecified atom stereocenters. The molecule has 1 aliphatic heterocycles. The molecule has 0 aromatic heterocycles. The van der Waals surface area contributed by atoms with E-state index in [2.05, 4.69) is 15.9 Å². The fourth-order valence-electron chi connectivity index (χ4n) is 1.05. The van der Waals surface area contributed by atoms with Crippen LogP contribution in [0.4, 0.5) is 0 Å². The highest BCUT2D eigenvalue weighted by Gasteiger charge is 2.17. The molecule has 1 aromatic rings. The Kier molecular flexibility index (Phi) is 1.84. The van der Waals surface area contributed by atoms with Crippen LogP contribution in [0.1, 0.15) is 10.6 Å². The smallest absolute Gasteiger partial charge is 0.190 e. The van der Waals surface area contributed by atoms with Gasteiger partial charge in [0.25, 0.3) is 0 Å². The maximum Gasteiger partial charge on any atom is 0.190 e. The fourth-order valence-corrected chi connectivity index (χ4v) is 1.53. The van der Waals surface area contributed by atoms with Crippen molar-refractivity contribution in [1.29, 1.82) is 0 Å². The molecule has 0 aliphatic carbocycles. The van der Waals surface area contributed by atoms with Gasteiger partial charge >= 0.3 is 0 Å². The fraction of sp³-hybridized carbons (Fsp3) is 0.250. The van der Waals surface area contributed by atoms with Gasteiger partial charge in [-0.3, -0.25) is 0 Å². The van der Waals surface area contributed by atoms with Crippen molar-refractivity contribution in [3.63, 3.8) is 0 Å². The molecular weight excluding hydrogens is 208 g/mol. The first-order valence-electron chi connectivity index (χ1n) is 3.35. The highest BCUT2D eigenvalue weighted by Crippen LogP contribution is 2.34. The molecule has 0 fully saturated rings. The van der Waals surface area contributed by atoms with Gasteiger partial charge in [-0.05, 0) is 6.07 Å². The van der Waals surface area contributed by atoms with Crippen molar-refractivity contribution in [2.75, 3.05) is 6.79 Å². The number of alkyl halides is 1. The minimum Gasteiger partial charge on any atom is -0.467 e. The van der Waals surface area contributed by atoms with E-state index in [9.17, 15) is 0 Å². The van der Waals surface area contributed by atoms with Crippen LogP contribution < -0.4 is 4.74 Å². The zero-order chi connectivity index (χ0) is 7.68. The molecule has 3 heteroatoms. The second kappa shape index (κ2) is 2.83. The predicted molar refractivity (Wildman–Crippen MR) is 44.7 cm³/mol. The van der Waals surface area contributed by atoms with Crippen LogP contribution in [0.3, 0.4) is 0 Å². The molecule has 0 radical (unpaired) electrons. The quantitative estimate of drug-likeness (QED) is 0.619. The Balaban J connectivity index is 2.44. The SMILES string of the molecule is BrC1OCOc2ccccc21. The second-order valence-electron chi connectivity index (χ2n) is 2.28. The van der Waals surface area contributed by atoms with E-state index in [0.717, 1.165) is 11.3 Å². The lowest BCUT2D eigenvalue weighted by atomic mass is 10.2. The molecule has 0 amide bonds. The lowest BCUT2D eigenvalue weighted by Crippen LogP contribution is -2.12. The highest BCUT2D eigenvalue weighted by atomic mass is 79.9. The van der Waals surface area contributed by atoms with E-state index in [0.29, 0.717) is 6.79 Å². The maximum absolute atomic E-state index is 5.24. The zero-order valence-corrected chi connectivity index (χ0v) is 7.37. The van der Waals surface area contributed by atoms with E-state index in [1.165, 1.54) is 0 Å². The zero-order valence-electron chi connectivity index (χ0n) is 5.79. The Bertz CT molecular complexity index is 262. The molecule has 0 saturated heterocycles. The van der Waals surface area contributed by atoms with Crippen LogP contribution in [0.5, 0.6) is 5.75 Å². The number of hydrogen-bond acceptors (Lipinski definition) is 2. The summed E-state index contributed by atoms with van der Waals surface area (Å²) in [5.41, 5.74) is 1.05. The van der Waals surface area contributed by atoms with Gasteiger partial charge in [-0.25, -0.2) is 0 Å².